The van der Waals surface area contributed by atoms with Gasteiger partial charge >= 0.3 is 0 Å². The van der Waals surface area contributed by atoms with Gasteiger partial charge in [-0.3, -0.25) is 24.1 Å². The van der Waals surface area contributed by atoms with Crippen molar-refractivity contribution in [3.63, 3.8) is 0 Å². The average molecular weight is 474 g/mol. The Balaban J connectivity index is 1.25. The van der Waals surface area contributed by atoms with E-state index in [1.165, 1.54) is 11.3 Å². The van der Waals surface area contributed by atoms with Crippen LogP contribution in [0.25, 0.3) is 6.08 Å². The van der Waals surface area contributed by atoms with Gasteiger partial charge in [-0.15, -0.1) is 11.3 Å². The summed E-state index contributed by atoms with van der Waals surface area (Å²) in [6, 6.07) is 8.78. The minimum Gasteiger partial charge on any atom is -0.454 e. The molecule has 2 aliphatic rings. The van der Waals surface area contributed by atoms with Gasteiger partial charge in [0.1, 0.15) is 0 Å². The van der Waals surface area contributed by atoms with Crippen LogP contribution in [0.2, 0.25) is 0 Å². The van der Waals surface area contributed by atoms with E-state index in [0.29, 0.717) is 26.8 Å². The number of hydrogen-bond donors (Lipinski definition) is 2. The first kappa shape index (κ1) is 21.9. The number of imide groups is 1. The Morgan fingerprint density at radius 2 is 1.94 bits per heavy atom. The molecule has 11 heteroatoms. The zero-order valence-corrected chi connectivity index (χ0v) is 18.6. The SMILES string of the molecule is Cc1ccc(C(=O)NCC(=O)NCCN2C(=O)S/C(=C\c3ccc4c(c3)OCO4)C2=O)s1. The summed E-state index contributed by atoms with van der Waals surface area (Å²) in [5.74, 6) is 0.0651. The van der Waals surface area contributed by atoms with Gasteiger partial charge in [0.05, 0.1) is 16.3 Å². The van der Waals surface area contributed by atoms with Crippen LogP contribution in [0.1, 0.15) is 20.1 Å². The lowest BCUT2D eigenvalue weighted by Crippen LogP contribution is -2.41. The molecular weight excluding hydrogens is 454 g/mol. The molecular formula is C21H19N3O6S2. The number of carbonyl (C=O) groups excluding carboxylic acids is 4. The first-order valence-corrected chi connectivity index (χ1v) is 11.3. The van der Waals surface area contributed by atoms with Crippen molar-refractivity contribution in [1.29, 1.82) is 0 Å². The summed E-state index contributed by atoms with van der Waals surface area (Å²) in [5, 5.41) is 4.73. The Labute approximate surface area is 191 Å². The van der Waals surface area contributed by atoms with E-state index in [-0.39, 0.29) is 32.3 Å². The second-order valence-corrected chi connectivity index (χ2v) is 9.17. The van der Waals surface area contributed by atoms with E-state index in [2.05, 4.69) is 10.6 Å². The highest BCUT2D eigenvalue weighted by Crippen LogP contribution is 2.36. The van der Waals surface area contributed by atoms with Gasteiger partial charge in [-0.05, 0) is 54.6 Å². The first-order valence-electron chi connectivity index (χ1n) is 9.67. The van der Waals surface area contributed by atoms with Crippen molar-refractivity contribution in [2.45, 2.75) is 6.92 Å². The van der Waals surface area contributed by atoms with Crippen LogP contribution in [0.3, 0.4) is 0 Å². The highest BCUT2D eigenvalue weighted by atomic mass is 32.2. The summed E-state index contributed by atoms with van der Waals surface area (Å²) in [6.07, 6.45) is 1.62. The van der Waals surface area contributed by atoms with E-state index >= 15 is 0 Å². The lowest BCUT2D eigenvalue weighted by Gasteiger charge is -2.13. The summed E-state index contributed by atoms with van der Waals surface area (Å²) in [7, 11) is 0. The molecule has 0 spiro atoms. The lowest BCUT2D eigenvalue weighted by molar-refractivity contribution is -0.124. The molecule has 3 heterocycles. The van der Waals surface area contributed by atoms with Gasteiger partial charge in [0.2, 0.25) is 12.7 Å². The van der Waals surface area contributed by atoms with Crippen LogP contribution < -0.4 is 20.1 Å². The van der Waals surface area contributed by atoms with Gasteiger partial charge in [-0.1, -0.05) is 6.07 Å². The summed E-state index contributed by atoms with van der Waals surface area (Å²) >= 11 is 2.18. The number of aryl methyl sites for hydroxylation is 1. The highest BCUT2D eigenvalue weighted by Gasteiger charge is 2.34. The second kappa shape index (κ2) is 9.45. The van der Waals surface area contributed by atoms with Gasteiger partial charge in [-0.25, -0.2) is 0 Å². The Kier molecular flexibility index (Phi) is 6.47. The van der Waals surface area contributed by atoms with E-state index in [0.717, 1.165) is 21.5 Å². The number of fused-ring (bicyclic) bond motifs is 1. The largest absolute Gasteiger partial charge is 0.454 e. The third-order valence-electron chi connectivity index (χ3n) is 4.60. The molecule has 166 valence electrons. The molecule has 0 unspecified atom stereocenters. The minimum atomic E-state index is -0.423. The van der Waals surface area contributed by atoms with Crippen molar-refractivity contribution in [2.24, 2.45) is 0 Å². The van der Waals surface area contributed by atoms with Crippen LogP contribution >= 0.6 is 23.1 Å². The van der Waals surface area contributed by atoms with Crippen LogP contribution in [-0.4, -0.2) is 54.3 Å². The summed E-state index contributed by atoms with van der Waals surface area (Å²) in [5.41, 5.74) is 0.713. The predicted molar refractivity (Wildman–Crippen MR) is 120 cm³/mol. The number of thiophene rings is 1. The Bertz CT molecular complexity index is 1130. The quantitative estimate of drug-likeness (QED) is 0.594. The molecule has 0 atom stereocenters. The van der Waals surface area contributed by atoms with E-state index < -0.39 is 17.1 Å². The maximum atomic E-state index is 12.6. The second-order valence-electron chi connectivity index (χ2n) is 6.89. The number of rotatable bonds is 7. The van der Waals surface area contributed by atoms with E-state index in [1.807, 2.05) is 13.0 Å². The molecule has 1 saturated heterocycles. The number of ether oxygens (including phenoxy) is 2. The third-order valence-corrected chi connectivity index (χ3v) is 6.51. The molecule has 0 radical (unpaired) electrons. The van der Waals surface area contributed by atoms with Crippen molar-refractivity contribution in [2.75, 3.05) is 26.4 Å². The molecule has 2 N–H and O–H groups in total. The molecule has 0 bridgehead atoms. The zero-order chi connectivity index (χ0) is 22.7. The maximum absolute atomic E-state index is 12.6. The van der Waals surface area contributed by atoms with Crippen LogP contribution in [0.4, 0.5) is 4.79 Å². The first-order chi connectivity index (χ1) is 15.4. The molecule has 32 heavy (non-hydrogen) atoms. The number of nitrogens with one attached hydrogen (secondary N) is 2. The zero-order valence-electron chi connectivity index (χ0n) is 17.0. The van der Waals surface area contributed by atoms with Gasteiger partial charge in [0.25, 0.3) is 17.1 Å². The molecule has 4 amide bonds. The summed E-state index contributed by atoms with van der Waals surface area (Å²) in [6.45, 7) is 1.97. The van der Waals surface area contributed by atoms with Crippen molar-refractivity contribution >= 4 is 52.1 Å². The fraction of sp³-hybridized carbons (Fsp3) is 0.238. The van der Waals surface area contributed by atoms with Crippen molar-refractivity contribution in [3.05, 3.63) is 50.6 Å². The van der Waals surface area contributed by atoms with Crippen LogP contribution in [0, 0.1) is 6.92 Å². The predicted octanol–water partition coefficient (Wildman–Crippen LogP) is 2.37. The lowest BCUT2D eigenvalue weighted by atomic mass is 10.2. The molecule has 4 rings (SSSR count). The van der Waals surface area contributed by atoms with Gasteiger partial charge < -0.3 is 20.1 Å². The van der Waals surface area contributed by atoms with Crippen molar-refractivity contribution in [3.8, 4) is 11.5 Å². The Morgan fingerprint density at radius 3 is 2.72 bits per heavy atom. The van der Waals surface area contributed by atoms with Gasteiger partial charge in [0, 0.05) is 18.0 Å². The van der Waals surface area contributed by atoms with Crippen LogP contribution in [0.15, 0.2) is 35.2 Å². The Morgan fingerprint density at radius 1 is 1.12 bits per heavy atom. The topological polar surface area (TPSA) is 114 Å². The fourth-order valence-electron chi connectivity index (χ4n) is 3.02. The standard InChI is InChI=1S/C21H19N3O6S2/c1-12-2-5-16(31-12)19(26)23-10-18(25)22-6-7-24-20(27)17(32-21(24)28)9-13-3-4-14-15(8-13)30-11-29-14/h2-5,8-9H,6-7,10-11H2,1H3,(H,22,25)(H,23,26)/b17-9-. The van der Waals surface area contributed by atoms with Gasteiger partial charge in [-0.2, -0.15) is 0 Å². The number of benzene rings is 1. The van der Waals surface area contributed by atoms with E-state index in [9.17, 15) is 19.2 Å². The average Bonchev–Trinajstić information content (AvgIpc) is 3.47. The number of thioether (sulfide) groups is 1. The van der Waals surface area contributed by atoms with Crippen molar-refractivity contribution in [1.82, 2.24) is 15.5 Å². The molecule has 0 saturated carbocycles. The van der Waals surface area contributed by atoms with Crippen LogP contribution in [-0.2, 0) is 9.59 Å². The number of carbonyl (C=O) groups is 4. The monoisotopic (exact) mass is 473 g/mol. The summed E-state index contributed by atoms with van der Waals surface area (Å²) in [4.78, 5) is 51.7. The molecule has 2 aliphatic heterocycles. The minimum absolute atomic E-state index is 0.0347. The Hall–Kier alpha value is -3.31. The maximum Gasteiger partial charge on any atom is 0.293 e. The van der Waals surface area contributed by atoms with Crippen LogP contribution in [0.5, 0.6) is 11.5 Å². The number of hydrogen-bond acceptors (Lipinski definition) is 8. The molecule has 9 nitrogen and oxygen atoms in total. The fourth-order valence-corrected chi connectivity index (χ4v) is 4.67. The molecule has 1 aromatic carbocycles. The smallest absolute Gasteiger partial charge is 0.293 e. The summed E-state index contributed by atoms with van der Waals surface area (Å²) < 4.78 is 10.6. The van der Waals surface area contributed by atoms with Gasteiger partial charge in [0.15, 0.2) is 11.5 Å². The van der Waals surface area contributed by atoms with E-state index in [1.54, 1.807) is 30.3 Å². The third kappa shape index (κ3) is 4.94. The number of nitrogens with zero attached hydrogens (tertiary/aromatic N) is 1. The molecule has 2 aromatic rings. The van der Waals surface area contributed by atoms with Crippen molar-refractivity contribution < 1.29 is 28.7 Å². The normalized spacial score (nSPS) is 16.0. The molecule has 1 aromatic heterocycles. The van der Waals surface area contributed by atoms with E-state index in [4.69, 9.17) is 9.47 Å². The highest BCUT2D eigenvalue weighted by molar-refractivity contribution is 8.18. The molecule has 0 aliphatic carbocycles. The number of amides is 4. The molecule has 1 fully saturated rings.